The van der Waals surface area contributed by atoms with Crippen LogP contribution < -0.4 is 5.32 Å². The van der Waals surface area contributed by atoms with Gasteiger partial charge in [0.25, 0.3) is 5.91 Å². The van der Waals surface area contributed by atoms with Gasteiger partial charge in [-0.3, -0.25) is 4.79 Å². The first-order chi connectivity index (χ1) is 8.26. The highest BCUT2D eigenvalue weighted by molar-refractivity contribution is 5.94. The van der Waals surface area contributed by atoms with Gasteiger partial charge >= 0.3 is 0 Å². The summed E-state index contributed by atoms with van der Waals surface area (Å²) in [6.07, 6.45) is 3.94. The Balaban J connectivity index is 1.97. The lowest BCUT2D eigenvalue weighted by atomic mass is 9.87. The van der Waals surface area contributed by atoms with Crippen LogP contribution >= 0.6 is 0 Å². The second kappa shape index (κ2) is 5.32. The fourth-order valence-corrected chi connectivity index (χ4v) is 1.97. The molecule has 1 N–H and O–H groups in total. The summed E-state index contributed by atoms with van der Waals surface area (Å²) in [6.45, 7) is 2.78. The van der Waals surface area contributed by atoms with Crippen LogP contribution in [0.25, 0.3) is 0 Å². The highest BCUT2D eigenvalue weighted by Gasteiger charge is 2.39. The number of hydrogen-bond donors (Lipinski definition) is 1. The first-order valence-electron chi connectivity index (χ1n) is 6.27. The predicted octanol–water partition coefficient (Wildman–Crippen LogP) is 2.72. The van der Waals surface area contributed by atoms with E-state index in [9.17, 15) is 4.79 Å². The molecule has 1 aliphatic rings. The molecule has 1 saturated carbocycles. The summed E-state index contributed by atoms with van der Waals surface area (Å²) < 4.78 is 5.77. The van der Waals surface area contributed by atoms with Crippen molar-refractivity contribution in [3.05, 3.63) is 35.9 Å². The zero-order chi connectivity index (χ0) is 12.1. The van der Waals surface area contributed by atoms with E-state index in [0.29, 0.717) is 12.2 Å². The Morgan fingerprint density at radius 2 is 2.06 bits per heavy atom. The van der Waals surface area contributed by atoms with E-state index < -0.39 is 5.72 Å². The van der Waals surface area contributed by atoms with Crippen molar-refractivity contribution in [1.29, 1.82) is 0 Å². The summed E-state index contributed by atoms with van der Waals surface area (Å²) in [4.78, 5) is 12.0. The number of benzene rings is 1. The SMILES string of the molecule is CCCOC1(NC(=O)c2ccccc2)CCC1. The molecular formula is C14H19NO2. The molecule has 0 radical (unpaired) electrons. The number of nitrogens with one attached hydrogen (secondary N) is 1. The molecule has 17 heavy (non-hydrogen) atoms. The number of rotatable bonds is 5. The van der Waals surface area contributed by atoms with Crippen LogP contribution in [0.15, 0.2) is 30.3 Å². The molecule has 2 rings (SSSR count). The molecule has 92 valence electrons. The Kier molecular flexibility index (Phi) is 3.79. The minimum Gasteiger partial charge on any atom is -0.356 e. The van der Waals surface area contributed by atoms with E-state index in [1.807, 2.05) is 30.3 Å². The highest BCUT2D eigenvalue weighted by atomic mass is 16.5. The largest absolute Gasteiger partial charge is 0.356 e. The summed E-state index contributed by atoms with van der Waals surface area (Å²) in [6, 6.07) is 9.29. The molecular weight excluding hydrogens is 214 g/mol. The normalized spacial score (nSPS) is 17.2. The summed E-state index contributed by atoms with van der Waals surface area (Å²) in [5.41, 5.74) is 0.294. The van der Waals surface area contributed by atoms with Crippen molar-refractivity contribution >= 4 is 5.91 Å². The summed E-state index contributed by atoms with van der Waals surface area (Å²) in [5.74, 6) is -0.0404. The monoisotopic (exact) mass is 233 g/mol. The number of carbonyl (C=O) groups is 1. The van der Waals surface area contributed by atoms with Crippen LogP contribution in [-0.2, 0) is 4.74 Å². The molecule has 3 heteroatoms. The van der Waals surface area contributed by atoms with Crippen molar-refractivity contribution < 1.29 is 9.53 Å². The van der Waals surface area contributed by atoms with E-state index in [0.717, 1.165) is 25.7 Å². The number of carbonyl (C=O) groups excluding carboxylic acids is 1. The molecule has 0 atom stereocenters. The van der Waals surface area contributed by atoms with Gasteiger partial charge in [0, 0.05) is 12.2 Å². The standard InChI is InChI=1S/C14H19NO2/c1-2-11-17-14(9-6-10-14)15-13(16)12-7-4-3-5-8-12/h3-5,7-8H,2,6,9-11H2,1H3,(H,15,16). The molecule has 1 amide bonds. The molecule has 0 heterocycles. The lowest BCUT2D eigenvalue weighted by molar-refractivity contribution is -0.115. The predicted molar refractivity (Wildman–Crippen MR) is 66.7 cm³/mol. The lowest BCUT2D eigenvalue weighted by Crippen LogP contribution is -2.55. The second-order valence-electron chi connectivity index (χ2n) is 4.52. The van der Waals surface area contributed by atoms with Gasteiger partial charge < -0.3 is 10.1 Å². The minimum absolute atomic E-state index is 0.0404. The van der Waals surface area contributed by atoms with Gasteiger partial charge in [-0.25, -0.2) is 0 Å². The molecule has 0 aliphatic heterocycles. The summed E-state index contributed by atoms with van der Waals surface area (Å²) in [5, 5.41) is 3.02. The van der Waals surface area contributed by atoms with Crippen LogP contribution in [0, 0.1) is 0 Å². The molecule has 1 aliphatic carbocycles. The number of hydrogen-bond acceptors (Lipinski definition) is 2. The number of ether oxygens (including phenoxy) is 1. The van der Waals surface area contributed by atoms with E-state index in [-0.39, 0.29) is 5.91 Å². The van der Waals surface area contributed by atoms with Crippen molar-refractivity contribution in [1.82, 2.24) is 5.32 Å². The van der Waals surface area contributed by atoms with Crippen LogP contribution in [0.4, 0.5) is 0 Å². The topological polar surface area (TPSA) is 38.3 Å². The zero-order valence-corrected chi connectivity index (χ0v) is 10.2. The van der Waals surface area contributed by atoms with E-state index >= 15 is 0 Å². The van der Waals surface area contributed by atoms with Gasteiger partial charge in [0.2, 0.25) is 0 Å². The maximum absolute atomic E-state index is 12.0. The quantitative estimate of drug-likeness (QED) is 0.794. The van der Waals surface area contributed by atoms with E-state index in [1.165, 1.54) is 0 Å². The minimum atomic E-state index is -0.400. The van der Waals surface area contributed by atoms with Gasteiger partial charge in [0.05, 0.1) is 0 Å². The Morgan fingerprint density at radius 1 is 1.35 bits per heavy atom. The van der Waals surface area contributed by atoms with E-state index in [1.54, 1.807) is 0 Å². The molecule has 0 unspecified atom stereocenters. The fraction of sp³-hybridized carbons (Fsp3) is 0.500. The molecule has 1 fully saturated rings. The van der Waals surface area contributed by atoms with Crippen LogP contribution in [0.2, 0.25) is 0 Å². The molecule has 0 bridgehead atoms. The highest BCUT2D eigenvalue weighted by Crippen LogP contribution is 2.33. The number of amides is 1. The summed E-state index contributed by atoms with van der Waals surface area (Å²) in [7, 11) is 0. The molecule has 3 nitrogen and oxygen atoms in total. The third kappa shape index (κ3) is 2.86. The average molecular weight is 233 g/mol. The Morgan fingerprint density at radius 3 is 2.59 bits per heavy atom. The first-order valence-corrected chi connectivity index (χ1v) is 6.27. The Hall–Kier alpha value is -1.35. The lowest BCUT2D eigenvalue weighted by Gasteiger charge is -2.42. The maximum atomic E-state index is 12.0. The van der Waals surface area contributed by atoms with Crippen LogP contribution in [0.1, 0.15) is 43.0 Å². The molecule has 0 aromatic heterocycles. The molecule has 0 spiro atoms. The van der Waals surface area contributed by atoms with Crippen LogP contribution in [0.5, 0.6) is 0 Å². The Labute approximate surface area is 102 Å². The Bertz CT molecular complexity index is 371. The van der Waals surface area contributed by atoms with Gasteiger partial charge in [-0.1, -0.05) is 25.1 Å². The summed E-state index contributed by atoms with van der Waals surface area (Å²) >= 11 is 0. The van der Waals surface area contributed by atoms with Crippen molar-refractivity contribution in [2.45, 2.75) is 38.3 Å². The molecule has 0 saturated heterocycles. The van der Waals surface area contributed by atoms with Gasteiger partial charge in [0.15, 0.2) is 0 Å². The smallest absolute Gasteiger partial charge is 0.253 e. The third-order valence-corrected chi connectivity index (χ3v) is 3.12. The van der Waals surface area contributed by atoms with Gasteiger partial charge in [-0.05, 0) is 37.8 Å². The van der Waals surface area contributed by atoms with Crippen molar-refractivity contribution in [2.75, 3.05) is 6.61 Å². The van der Waals surface area contributed by atoms with Crippen molar-refractivity contribution in [3.63, 3.8) is 0 Å². The maximum Gasteiger partial charge on any atom is 0.253 e. The van der Waals surface area contributed by atoms with Gasteiger partial charge in [-0.15, -0.1) is 0 Å². The van der Waals surface area contributed by atoms with Gasteiger partial charge in [0.1, 0.15) is 5.72 Å². The first kappa shape index (κ1) is 12.1. The van der Waals surface area contributed by atoms with Crippen molar-refractivity contribution in [2.24, 2.45) is 0 Å². The second-order valence-corrected chi connectivity index (χ2v) is 4.52. The third-order valence-electron chi connectivity index (χ3n) is 3.12. The van der Waals surface area contributed by atoms with Crippen LogP contribution in [0.3, 0.4) is 0 Å². The average Bonchev–Trinajstić information content (AvgIpc) is 2.33. The molecule has 1 aromatic carbocycles. The van der Waals surface area contributed by atoms with Gasteiger partial charge in [-0.2, -0.15) is 0 Å². The van der Waals surface area contributed by atoms with Crippen molar-refractivity contribution in [3.8, 4) is 0 Å². The van der Waals surface area contributed by atoms with E-state index in [4.69, 9.17) is 4.74 Å². The fourth-order valence-electron chi connectivity index (χ4n) is 1.97. The molecule has 1 aromatic rings. The van der Waals surface area contributed by atoms with E-state index in [2.05, 4.69) is 12.2 Å². The zero-order valence-electron chi connectivity index (χ0n) is 10.2. The van der Waals surface area contributed by atoms with Crippen LogP contribution in [-0.4, -0.2) is 18.2 Å².